The number of allylic oxidation sites excluding steroid dienone is 6. The summed E-state index contributed by atoms with van der Waals surface area (Å²) < 4.78 is 2.13. The van der Waals surface area contributed by atoms with Gasteiger partial charge in [-0.15, -0.1) is 10.9 Å². The van der Waals surface area contributed by atoms with Crippen LogP contribution in [0.5, 0.6) is 0 Å². The summed E-state index contributed by atoms with van der Waals surface area (Å²) in [5.41, 5.74) is 0.767. The molecule has 84 valence electrons. The van der Waals surface area contributed by atoms with E-state index in [0.717, 1.165) is 15.0 Å². The monoisotopic (exact) mass is 315 g/mol. The maximum atomic E-state index is 11.7. The average molecular weight is 316 g/mol. The molecule has 1 aliphatic heterocycles. The molecule has 0 amide bonds. The van der Waals surface area contributed by atoms with E-state index in [1.54, 1.807) is 34.9 Å². The van der Waals surface area contributed by atoms with Crippen molar-refractivity contribution in [3.63, 3.8) is 0 Å². The molecule has 2 rings (SSSR count). The van der Waals surface area contributed by atoms with E-state index >= 15 is 0 Å². The predicted molar refractivity (Wildman–Crippen MR) is 78.1 cm³/mol. The van der Waals surface area contributed by atoms with Gasteiger partial charge in [-0.05, 0) is 32.3 Å². The van der Waals surface area contributed by atoms with E-state index in [-0.39, 0.29) is 5.78 Å². The standard InChI is InChI=1S/C11H10BrNOS2/c1-13(2)11-15-6-10(16-11)8-5-7(12)3-4-9(8)14/h3-6H,1-2H3/b10-8-. The van der Waals surface area contributed by atoms with Gasteiger partial charge in [0.1, 0.15) is 4.32 Å². The summed E-state index contributed by atoms with van der Waals surface area (Å²) in [6.07, 6.45) is 5.25. The van der Waals surface area contributed by atoms with Crippen molar-refractivity contribution in [3.05, 3.63) is 33.2 Å². The van der Waals surface area contributed by atoms with Crippen LogP contribution in [0, 0.1) is 0 Å². The van der Waals surface area contributed by atoms with E-state index in [4.69, 9.17) is 0 Å². The van der Waals surface area contributed by atoms with Crippen molar-refractivity contribution in [1.82, 2.24) is 4.90 Å². The molecule has 0 saturated carbocycles. The first-order valence-corrected chi connectivity index (χ1v) is 7.13. The first-order chi connectivity index (χ1) is 7.58. The SMILES string of the molecule is CN(C)C1=S=C/C(=C2\C=C(Br)C=CC2=O)S1. The molecule has 2 aliphatic rings. The molecule has 1 aliphatic carbocycles. The van der Waals surface area contributed by atoms with Gasteiger partial charge in [0.2, 0.25) is 0 Å². The van der Waals surface area contributed by atoms with Crippen LogP contribution in [0.3, 0.4) is 0 Å². The molecule has 0 aromatic heterocycles. The van der Waals surface area contributed by atoms with Gasteiger partial charge in [-0.25, -0.2) is 0 Å². The van der Waals surface area contributed by atoms with Crippen molar-refractivity contribution < 1.29 is 4.79 Å². The summed E-state index contributed by atoms with van der Waals surface area (Å²) in [7, 11) is 5.67. The maximum absolute atomic E-state index is 11.7. The third kappa shape index (κ3) is 2.48. The molecule has 1 heterocycles. The van der Waals surface area contributed by atoms with Crippen LogP contribution in [0.2, 0.25) is 0 Å². The zero-order valence-electron chi connectivity index (χ0n) is 8.86. The van der Waals surface area contributed by atoms with Gasteiger partial charge in [0.15, 0.2) is 5.78 Å². The number of carbonyl (C=O) groups is 1. The normalized spacial score (nSPS) is 24.6. The Hall–Kier alpha value is -0.360. The van der Waals surface area contributed by atoms with Gasteiger partial charge in [-0.3, -0.25) is 9.69 Å². The Labute approximate surface area is 111 Å². The molecule has 0 saturated heterocycles. The van der Waals surface area contributed by atoms with Crippen LogP contribution in [0.15, 0.2) is 33.2 Å². The second kappa shape index (κ2) is 4.87. The fourth-order valence-corrected chi connectivity index (χ4v) is 3.75. The Kier molecular flexibility index (Phi) is 3.69. The quantitative estimate of drug-likeness (QED) is 0.506. The van der Waals surface area contributed by atoms with Gasteiger partial charge in [0.05, 0.1) is 0 Å². The van der Waals surface area contributed by atoms with Gasteiger partial charge in [-0.2, -0.15) is 0 Å². The molecule has 0 aromatic rings. The average Bonchev–Trinajstić information content (AvgIpc) is 2.70. The van der Waals surface area contributed by atoms with Gasteiger partial charge in [0, 0.05) is 20.3 Å². The van der Waals surface area contributed by atoms with E-state index in [2.05, 4.69) is 20.8 Å². The van der Waals surface area contributed by atoms with Crippen LogP contribution in [0.4, 0.5) is 0 Å². The fraction of sp³-hybridized carbons (Fsp3) is 0.182. The van der Waals surface area contributed by atoms with Crippen molar-refractivity contribution >= 4 is 54.1 Å². The summed E-state index contributed by atoms with van der Waals surface area (Å²) in [5.74, 6) is 0.0718. The minimum atomic E-state index is 0.0718. The van der Waals surface area contributed by atoms with Crippen LogP contribution >= 0.6 is 38.6 Å². The van der Waals surface area contributed by atoms with Crippen molar-refractivity contribution in [2.75, 3.05) is 14.1 Å². The first kappa shape index (κ1) is 12.1. The lowest BCUT2D eigenvalue weighted by atomic mass is 10.1. The largest absolute Gasteiger partial charge is 0.289 e. The minimum Gasteiger partial charge on any atom is -0.289 e. The van der Waals surface area contributed by atoms with Crippen LogP contribution in [-0.4, -0.2) is 34.5 Å². The lowest BCUT2D eigenvalue weighted by molar-refractivity contribution is -0.111. The number of halogens is 1. The number of nitrogens with zero attached hydrogens (tertiary/aromatic N) is 1. The lowest BCUT2D eigenvalue weighted by Gasteiger charge is -2.10. The number of hydrogen-bond acceptors (Lipinski definition) is 3. The second-order valence-electron chi connectivity index (χ2n) is 3.50. The molecule has 2 nitrogen and oxygen atoms in total. The van der Waals surface area contributed by atoms with Crippen molar-refractivity contribution in [2.45, 2.75) is 0 Å². The summed E-state index contributed by atoms with van der Waals surface area (Å²) in [6.45, 7) is 0. The Morgan fingerprint density at radius 3 is 2.69 bits per heavy atom. The highest BCUT2D eigenvalue weighted by atomic mass is 79.9. The highest BCUT2D eigenvalue weighted by Gasteiger charge is 2.18. The Balaban J connectivity index is 2.31. The molecule has 0 spiro atoms. The minimum absolute atomic E-state index is 0.0718. The Bertz CT molecular complexity index is 508. The number of thioether (sulfide) groups is 1. The highest BCUT2D eigenvalue weighted by Crippen LogP contribution is 2.30. The summed E-state index contributed by atoms with van der Waals surface area (Å²) >= 11 is 5.03. The molecule has 0 bridgehead atoms. The first-order valence-electron chi connectivity index (χ1n) is 4.64. The number of hydrogen-bond donors (Lipinski definition) is 0. The molecular weight excluding hydrogens is 306 g/mol. The third-order valence-electron chi connectivity index (χ3n) is 2.04. The number of ketones is 1. The molecule has 0 radical (unpaired) electrons. The number of rotatable bonds is 0. The molecule has 0 N–H and O–H groups in total. The number of carbonyl (C=O) groups excluding carboxylic acids is 1. The molecular formula is C11H10BrNOS2. The summed E-state index contributed by atoms with van der Waals surface area (Å²) in [4.78, 5) is 14.8. The van der Waals surface area contributed by atoms with E-state index in [1.165, 1.54) is 4.32 Å². The fourth-order valence-electron chi connectivity index (χ4n) is 1.26. The molecule has 0 atom stereocenters. The summed E-state index contributed by atoms with van der Waals surface area (Å²) in [5, 5.41) is 2.03. The Morgan fingerprint density at radius 2 is 2.06 bits per heavy atom. The van der Waals surface area contributed by atoms with Crippen molar-refractivity contribution in [1.29, 1.82) is 0 Å². The third-order valence-corrected chi connectivity index (χ3v) is 5.24. The highest BCUT2D eigenvalue weighted by molar-refractivity contribution is 9.11. The topological polar surface area (TPSA) is 20.3 Å². The zero-order chi connectivity index (χ0) is 11.7. The lowest BCUT2D eigenvalue weighted by Crippen LogP contribution is -2.15. The molecule has 0 unspecified atom stereocenters. The van der Waals surface area contributed by atoms with Gasteiger partial charge < -0.3 is 0 Å². The van der Waals surface area contributed by atoms with Crippen LogP contribution in [0.1, 0.15) is 0 Å². The predicted octanol–water partition coefficient (Wildman–Crippen LogP) is 2.59. The van der Waals surface area contributed by atoms with Gasteiger partial charge >= 0.3 is 0 Å². The van der Waals surface area contributed by atoms with Gasteiger partial charge in [-0.1, -0.05) is 27.7 Å². The zero-order valence-corrected chi connectivity index (χ0v) is 12.1. The van der Waals surface area contributed by atoms with E-state index in [0.29, 0.717) is 0 Å². The summed E-state index contributed by atoms with van der Waals surface area (Å²) in [6, 6.07) is 0. The van der Waals surface area contributed by atoms with E-state index in [9.17, 15) is 4.79 Å². The second-order valence-corrected chi connectivity index (χ2v) is 6.57. The van der Waals surface area contributed by atoms with Crippen LogP contribution in [-0.2, 0) is 4.79 Å². The molecule has 16 heavy (non-hydrogen) atoms. The van der Waals surface area contributed by atoms with Crippen LogP contribution < -0.4 is 0 Å². The molecule has 5 heteroatoms. The van der Waals surface area contributed by atoms with Crippen molar-refractivity contribution in [2.24, 2.45) is 0 Å². The Morgan fingerprint density at radius 1 is 1.31 bits per heavy atom. The smallest absolute Gasteiger partial charge is 0.187 e. The van der Waals surface area contributed by atoms with Gasteiger partial charge in [0.25, 0.3) is 0 Å². The molecule has 0 fully saturated rings. The molecule has 0 aromatic carbocycles. The van der Waals surface area contributed by atoms with Crippen molar-refractivity contribution in [3.8, 4) is 0 Å². The van der Waals surface area contributed by atoms with E-state index < -0.39 is 0 Å². The van der Waals surface area contributed by atoms with Crippen LogP contribution in [0.25, 0.3) is 0 Å². The maximum Gasteiger partial charge on any atom is 0.187 e. The van der Waals surface area contributed by atoms with E-state index in [1.807, 2.05) is 25.5 Å².